The lowest BCUT2D eigenvalue weighted by atomic mass is 10.0. The highest BCUT2D eigenvalue weighted by Crippen LogP contribution is 2.37. The molecule has 168 valence electrons. The van der Waals surface area contributed by atoms with Crippen LogP contribution in [-0.4, -0.2) is 25.2 Å². The van der Waals surface area contributed by atoms with E-state index in [1.54, 1.807) is 24.1 Å². The molecule has 1 heterocycles. The average Bonchev–Trinajstić information content (AvgIpc) is 3.04. The number of aryl methyl sites for hydroxylation is 1. The fourth-order valence-electron chi connectivity index (χ4n) is 3.62. The zero-order chi connectivity index (χ0) is 23.8. The Kier molecular flexibility index (Phi) is 5.68. The average molecular weight is 452 g/mol. The molecule has 33 heavy (non-hydrogen) atoms. The standard InChI is InChI=1S/C25H19F3N2O3/c1-16-8-10-17(11-9-16)21-22(29(2)18-6-4-3-5-7-18)24(32)30(23(21)31)19-12-14-20(15-13-19)33-25(26,27)28/h3-15H,1-2H3. The van der Waals surface area contributed by atoms with E-state index in [2.05, 4.69) is 4.74 Å². The van der Waals surface area contributed by atoms with Gasteiger partial charge in [0, 0.05) is 12.7 Å². The minimum Gasteiger partial charge on any atom is -0.406 e. The Balaban J connectivity index is 1.77. The summed E-state index contributed by atoms with van der Waals surface area (Å²) in [6, 6.07) is 20.9. The van der Waals surface area contributed by atoms with Crippen molar-refractivity contribution in [2.45, 2.75) is 13.3 Å². The number of hydrogen-bond acceptors (Lipinski definition) is 4. The fourth-order valence-corrected chi connectivity index (χ4v) is 3.62. The molecular formula is C25H19F3N2O3. The number of benzene rings is 3. The number of imide groups is 1. The van der Waals surface area contributed by atoms with E-state index in [-0.39, 0.29) is 17.0 Å². The Morgan fingerprint density at radius 3 is 2.00 bits per heavy atom. The first kappa shape index (κ1) is 22.1. The number of rotatable bonds is 5. The minimum atomic E-state index is -4.84. The molecule has 0 saturated heterocycles. The van der Waals surface area contributed by atoms with E-state index in [1.807, 2.05) is 49.4 Å². The van der Waals surface area contributed by atoms with Gasteiger partial charge in [-0.1, -0.05) is 48.0 Å². The van der Waals surface area contributed by atoms with Gasteiger partial charge in [0.25, 0.3) is 11.8 Å². The molecule has 1 aliphatic heterocycles. The van der Waals surface area contributed by atoms with Crippen LogP contribution < -0.4 is 14.5 Å². The van der Waals surface area contributed by atoms with E-state index in [1.165, 1.54) is 12.1 Å². The Hall–Kier alpha value is -4.07. The van der Waals surface area contributed by atoms with Crippen LogP contribution in [0.4, 0.5) is 24.5 Å². The summed E-state index contributed by atoms with van der Waals surface area (Å²) < 4.78 is 41.3. The van der Waals surface area contributed by atoms with Crippen molar-refractivity contribution in [1.82, 2.24) is 0 Å². The second-order valence-electron chi connectivity index (χ2n) is 7.47. The molecule has 8 heteroatoms. The number of carbonyl (C=O) groups is 2. The normalized spacial score (nSPS) is 14.2. The molecule has 0 unspecified atom stereocenters. The molecule has 0 aromatic heterocycles. The predicted molar refractivity (Wildman–Crippen MR) is 119 cm³/mol. The second-order valence-corrected chi connectivity index (χ2v) is 7.47. The van der Waals surface area contributed by atoms with Crippen LogP contribution >= 0.6 is 0 Å². The molecule has 0 fully saturated rings. The molecule has 3 aromatic carbocycles. The van der Waals surface area contributed by atoms with Gasteiger partial charge < -0.3 is 9.64 Å². The topological polar surface area (TPSA) is 49.9 Å². The van der Waals surface area contributed by atoms with Gasteiger partial charge in [0.2, 0.25) is 0 Å². The van der Waals surface area contributed by atoms with E-state index >= 15 is 0 Å². The Morgan fingerprint density at radius 2 is 1.42 bits per heavy atom. The summed E-state index contributed by atoms with van der Waals surface area (Å²) in [5.41, 5.74) is 2.78. The van der Waals surface area contributed by atoms with Crippen molar-refractivity contribution in [2.75, 3.05) is 16.8 Å². The van der Waals surface area contributed by atoms with E-state index in [0.29, 0.717) is 11.3 Å². The van der Waals surface area contributed by atoms with Gasteiger partial charge in [-0.25, -0.2) is 4.90 Å². The van der Waals surface area contributed by atoms with E-state index in [0.717, 1.165) is 22.6 Å². The number of anilines is 2. The maximum atomic E-state index is 13.5. The highest BCUT2D eigenvalue weighted by molar-refractivity contribution is 6.46. The zero-order valence-corrected chi connectivity index (χ0v) is 17.8. The SMILES string of the molecule is Cc1ccc(C2=C(N(C)c3ccccc3)C(=O)N(c3ccc(OC(F)(F)F)cc3)C2=O)cc1. The Bertz CT molecular complexity index is 1220. The smallest absolute Gasteiger partial charge is 0.406 e. The van der Waals surface area contributed by atoms with Crippen LogP contribution in [0.15, 0.2) is 84.6 Å². The highest BCUT2D eigenvalue weighted by Gasteiger charge is 2.42. The van der Waals surface area contributed by atoms with Crippen LogP contribution in [0.3, 0.4) is 0 Å². The third-order valence-electron chi connectivity index (χ3n) is 5.21. The quantitative estimate of drug-likeness (QED) is 0.492. The first-order chi connectivity index (χ1) is 15.7. The number of halogens is 3. The van der Waals surface area contributed by atoms with Crippen molar-refractivity contribution in [3.63, 3.8) is 0 Å². The molecule has 5 nitrogen and oxygen atoms in total. The molecule has 0 spiro atoms. The number of ether oxygens (including phenoxy) is 1. The molecule has 1 aliphatic rings. The van der Waals surface area contributed by atoms with Crippen LogP contribution in [0.25, 0.3) is 5.57 Å². The highest BCUT2D eigenvalue weighted by atomic mass is 19.4. The first-order valence-electron chi connectivity index (χ1n) is 10.0. The van der Waals surface area contributed by atoms with Gasteiger partial charge in [-0.3, -0.25) is 9.59 Å². The summed E-state index contributed by atoms with van der Waals surface area (Å²) in [5.74, 6) is -1.59. The van der Waals surface area contributed by atoms with Crippen molar-refractivity contribution in [2.24, 2.45) is 0 Å². The largest absolute Gasteiger partial charge is 0.573 e. The predicted octanol–water partition coefficient (Wildman–Crippen LogP) is 5.31. The second kappa shape index (κ2) is 8.46. The molecule has 0 saturated carbocycles. The lowest BCUT2D eigenvalue weighted by molar-refractivity contribution is -0.274. The van der Waals surface area contributed by atoms with Crippen LogP contribution in [0, 0.1) is 6.92 Å². The lowest BCUT2D eigenvalue weighted by Gasteiger charge is -2.21. The van der Waals surface area contributed by atoms with E-state index in [9.17, 15) is 22.8 Å². The Labute approximate surface area is 188 Å². The maximum absolute atomic E-state index is 13.5. The molecular weight excluding hydrogens is 433 g/mol. The number of carbonyl (C=O) groups excluding carboxylic acids is 2. The minimum absolute atomic E-state index is 0.139. The van der Waals surface area contributed by atoms with Gasteiger partial charge in [0.1, 0.15) is 11.4 Å². The van der Waals surface area contributed by atoms with Crippen LogP contribution in [-0.2, 0) is 9.59 Å². The third-order valence-corrected chi connectivity index (χ3v) is 5.21. The molecule has 0 N–H and O–H groups in total. The molecule has 4 rings (SSSR count). The van der Waals surface area contributed by atoms with E-state index in [4.69, 9.17) is 0 Å². The van der Waals surface area contributed by atoms with Gasteiger partial charge in [-0.2, -0.15) is 0 Å². The molecule has 3 aromatic rings. The molecule has 0 aliphatic carbocycles. The number of para-hydroxylation sites is 1. The van der Waals surface area contributed by atoms with Crippen LogP contribution in [0.2, 0.25) is 0 Å². The van der Waals surface area contributed by atoms with E-state index < -0.39 is 23.9 Å². The molecule has 0 atom stereocenters. The van der Waals surface area contributed by atoms with Crippen molar-refractivity contribution >= 4 is 28.8 Å². The van der Waals surface area contributed by atoms with Gasteiger partial charge in [-0.15, -0.1) is 13.2 Å². The lowest BCUT2D eigenvalue weighted by Crippen LogP contribution is -2.34. The summed E-state index contributed by atoms with van der Waals surface area (Å²) in [7, 11) is 1.69. The summed E-state index contributed by atoms with van der Waals surface area (Å²) in [6.45, 7) is 1.91. The zero-order valence-electron chi connectivity index (χ0n) is 17.8. The van der Waals surface area contributed by atoms with Gasteiger partial charge >= 0.3 is 6.36 Å². The van der Waals surface area contributed by atoms with Crippen LogP contribution in [0.5, 0.6) is 5.75 Å². The van der Waals surface area contributed by atoms with Gasteiger partial charge in [-0.05, 0) is 48.9 Å². The summed E-state index contributed by atoms with van der Waals surface area (Å²) >= 11 is 0. The van der Waals surface area contributed by atoms with Gasteiger partial charge in [0.15, 0.2) is 0 Å². The number of amides is 2. The fraction of sp³-hybridized carbons (Fsp3) is 0.120. The number of nitrogens with zero attached hydrogens (tertiary/aromatic N) is 2. The van der Waals surface area contributed by atoms with Crippen molar-refractivity contribution < 1.29 is 27.5 Å². The number of alkyl halides is 3. The van der Waals surface area contributed by atoms with Crippen molar-refractivity contribution in [3.8, 4) is 5.75 Å². The molecule has 0 bridgehead atoms. The third kappa shape index (κ3) is 4.45. The monoisotopic (exact) mass is 452 g/mol. The first-order valence-corrected chi connectivity index (χ1v) is 10.0. The van der Waals surface area contributed by atoms with Gasteiger partial charge in [0.05, 0.1) is 11.3 Å². The van der Waals surface area contributed by atoms with Crippen molar-refractivity contribution in [3.05, 3.63) is 95.7 Å². The summed E-state index contributed by atoms with van der Waals surface area (Å²) in [5, 5.41) is 0. The number of hydrogen-bond donors (Lipinski definition) is 0. The number of likely N-dealkylation sites (N-methyl/N-ethyl adjacent to an activating group) is 1. The maximum Gasteiger partial charge on any atom is 0.573 e. The van der Waals surface area contributed by atoms with Crippen LogP contribution in [0.1, 0.15) is 11.1 Å². The Morgan fingerprint density at radius 1 is 0.818 bits per heavy atom. The molecule has 0 radical (unpaired) electrons. The molecule has 2 amide bonds. The summed E-state index contributed by atoms with van der Waals surface area (Å²) in [6.07, 6.45) is -4.84. The summed E-state index contributed by atoms with van der Waals surface area (Å²) in [4.78, 5) is 29.6. The van der Waals surface area contributed by atoms with Crippen molar-refractivity contribution in [1.29, 1.82) is 0 Å².